The van der Waals surface area contributed by atoms with E-state index in [1.807, 2.05) is 30.3 Å². The van der Waals surface area contributed by atoms with Crippen LogP contribution in [-0.4, -0.2) is 28.1 Å². The van der Waals surface area contributed by atoms with Gasteiger partial charge in [0, 0.05) is 5.56 Å². The minimum Gasteiger partial charge on any atom is -0.497 e. The summed E-state index contributed by atoms with van der Waals surface area (Å²) in [6, 6.07) is 9.66. The SMILES string of the molecule is COc1ccc(C2NNNC2c2cc(OC)c3c(c2OC)OCO3)cc1. The second-order valence-corrected chi connectivity index (χ2v) is 5.91. The Bertz CT molecular complexity index is 796. The van der Waals surface area contributed by atoms with Crippen molar-refractivity contribution in [1.29, 1.82) is 0 Å². The van der Waals surface area contributed by atoms with Crippen LogP contribution in [0.15, 0.2) is 30.3 Å². The molecule has 2 aliphatic heterocycles. The largest absolute Gasteiger partial charge is 0.497 e. The second kappa shape index (κ2) is 6.91. The van der Waals surface area contributed by atoms with Gasteiger partial charge >= 0.3 is 0 Å². The van der Waals surface area contributed by atoms with Crippen molar-refractivity contribution in [2.45, 2.75) is 12.1 Å². The number of rotatable bonds is 5. The van der Waals surface area contributed by atoms with Gasteiger partial charge in [0.2, 0.25) is 18.3 Å². The molecule has 0 aliphatic carbocycles. The molecule has 2 aromatic rings. The molecule has 2 atom stereocenters. The molecule has 2 unspecified atom stereocenters. The molecule has 138 valence electrons. The summed E-state index contributed by atoms with van der Waals surface area (Å²) in [5, 5.41) is 0. The van der Waals surface area contributed by atoms with Crippen LogP contribution in [0.25, 0.3) is 0 Å². The van der Waals surface area contributed by atoms with E-state index in [-0.39, 0.29) is 18.9 Å². The minimum atomic E-state index is -0.123. The summed E-state index contributed by atoms with van der Waals surface area (Å²) in [6.45, 7) is 0.141. The Morgan fingerprint density at radius 3 is 2.31 bits per heavy atom. The Hall–Kier alpha value is -2.68. The Morgan fingerprint density at radius 1 is 0.885 bits per heavy atom. The topological polar surface area (TPSA) is 82.2 Å². The van der Waals surface area contributed by atoms with Gasteiger partial charge in [-0.1, -0.05) is 12.1 Å². The molecule has 1 saturated heterocycles. The molecule has 0 bridgehead atoms. The van der Waals surface area contributed by atoms with Crippen molar-refractivity contribution in [2.75, 3.05) is 28.1 Å². The molecule has 26 heavy (non-hydrogen) atoms. The predicted octanol–water partition coefficient (Wildman–Crippen LogP) is 1.84. The van der Waals surface area contributed by atoms with E-state index < -0.39 is 0 Å². The highest BCUT2D eigenvalue weighted by atomic mass is 16.7. The molecular formula is C18H21N3O5. The summed E-state index contributed by atoms with van der Waals surface area (Å²) in [7, 11) is 4.87. The summed E-state index contributed by atoms with van der Waals surface area (Å²) in [5.41, 5.74) is 11.5. The van der Waals surface area contributed by atoms with Crippen LogP contribution in [-0.2, 0) is 0 Å². The van der Waals surface area contributed by atoms with Crippen molar-refractivity contribution in [1.82, 2.24) is 16.4 Å². The molecule has 0 spiro atoms. The standard InChI is InChI=1S/C18H21N3O5/c1-22-11-6-4-10(5-7-11)14-15(20-21-19-14)12-8-13(23-2)17-18(16(12)24-3)26-9-25-17/h4-8,14-15,19-21H,9H2,1-3H3. The normalized spacial score (nSPS) is 20.9. The molecule has 0 radical (unpaired) electrons. The first-order chi connectivity index (χ1) is 12.8. The van der Waals surface area contributed by atoms with Crippen molar-refractivity contribution in [3.8, 4) is 28.7 Å². The number of nitrogens with one attached hydrogen (secondary N) is 3. The monoisotopic (exact) mass is 359 g/mol. The van der Waals surface area contributed by atoms with Crippen LogP contribution in [0.5, 0.6) is 28.7 Å². The fraction of sp³-hybridized carbons (Fsp3) is 0.333. The van der Waals surface area contributed by atoms with Gasteiger partial charge in [0.1, 0.15) is 5.75 Å². The van der Waals surface area contributed by atoms with Gasteiger partial charge in [0.25, 0.3) is 0 Å². The lowest BCUT2D eigenvalue weighted by Crippen LogP contribution is -2.31. The quantitative estimate of drug-likeness (QED) is 0.746. The first-order valence-electron chi connectivity index (χ1n) is 8.21. The van der Waals surface area contributed by atoms with Crippen LogP contribution in [0.3, 0.4) is 0 Å². The number of fused-ring (bicyclic) bond motifs is 1. The average Bonchev–Trinajstić information content (AvgIpc) is 3.36. The van der Waals surface area contributed by atoms with E-state index in [0.29, 0.717) is 23.0 Å². The van der Waals surface area contributed by atoms with Gasteiger partial charge in [-0.15, -0.1) is 0 Å². The molecule has 0 amide bonds. The molecule has 8 nitrogen and oxygen atoms in total. The van der Waals surface area contributed by atoms with Crippen molar-refractivity contribution in [3.63, 3.8) is 0 Å². The van der Waals surface area contributed by atoms with E-state index in [1.165, 1.54) is 0 Å². The van der Waals surface area contributed by atoms with Gasteiger partial charge in [0.15, 0.2) is 11.5 Å². The van der Waals surface area contributed by atoms with Gasteiger partial charge in [0.05, 0.1) is 33.4 Å². The van der Waals surface area contributed by atoms with Crippen LogP contribution >= 0.6 is 0 Å². The van der Waals surface area contributed by atoms with Crippen LogP contribution in [0, 0.1) is 0 Å². The van der Waals surface area contributed by atoms with Crippen molar-refractivity contribution < 1.29 is 23.7 Å². The maximum Gasteiger partial charge on any atom is 0.231 e. The Balaban J connectivity index is 1.75. The van der Waals surface area contributed by atoms with E-state index in [0.717, 1.165) is 16.9 Å². The number of hydrogen-bond acceptors (Lipinski definition) is 8. The molecule has 8 heteroatoms. The van der Waals surface area contributed by atoms with Gasteiger partial charge < -0.3 is 23.7 Å². The lowest BCUT2D eigenvalue weighted by molar-refractivity contribution is 0.168. The first-order valence-corrected chi connectivity index (χ1v) is 8.21. The van der Waals surface area contributed by atoms with E-state index in [9.17, 15) is 0 Å². The molecule has 3 N–H and O–H groups in total. The molecule has 0 saturated carbocycles. The third-order valence-corrected chi connectivity index (χ3v) is 4.61. The second-order valence-electron chi connectivity index (χ2n) is 5.91. The zero-order valence-corrected chi connectivity index (χ0v) is 14.8. The first kappa shape index (κ1) is 16.8. The summed E-state index contributed by atoms with van der Waals surface area (Å²) in [6.07, 6.45) is 0. The van der Waals surface area contributed by atoms with Crippen molar-refractivity contribution >= 4 is 0 Å². The third-order valence-electron chi connectivity index (χ3n) is 4.61. The molecule has 0 aromatic heterocycles. The summed E-state index contributed by atoms with van der Waals surface area (Å²) in [4.78, 5) is 0. The minimum absolute atomic E-state index is 0.0418. The summed E-state index contributed by atoms with van der Waals surface area (Å²) < 4.78 is 27.5. The van der Waals surface area contributed by atoms with E-state index in [1.54, 1.807) is 21.3 Å². The number of benzene rings is 2. The Morgan fingerprint density at radius 2 is 1.62 bits per heavy atom. The van der Waals surface area contributed by atoms with E-state index in [2.05, 4.69) is 16.4 Å². The highest BCUT2D eigenvalue weighted by Crippen LogP contribution is 2.52. The zero-order chi connectivity index (χ0) is 18.1. The van der Waals surface area contributed by atoms with Crippen molar-refractivity contribution in [2.24, 2.45) is 0 Å². The van der Waals surface area contributed by atoms with Crippen LogP contribution in [0.4, 0.5) is 0 Å². The lowest BCUT2D eigenvalue weighted by Gasteiger charge is -2.22. The maximum atomic E-state index is 5.64. The Labute approximate surface area is 151 Å². The fourth-order valence-corrected chi connectivity index (χ4v) is 3.33. The van der Waals surface area contributed by atoms with Gasteiger partial charge in [-0.25, -0.2) is 10.9 Å². The number of ether oxygens (including phenoxy) is 5. The molecule has 2 aliphatic rings. The fourth-order valence-electron chi connectivity index (χ4n) is 3.33. The van der Waals surface area contributed by atoms with E-state index >= 15 is 0 Å². The summed E-state index contributed by atoms with van der Waals surface area (Å²) >= 11 is 0. The summed E-state index contributed by atoms with van der Waals surface area (Å²) in [5.74, 6) is 3.17. The number of hydrazine groups is 2. The lowest BCUT2D eigenvalue weighted by atomic mass is 9.93. The molecule has 4 rings (SSSR count). The van der Waals surface area contributed by atoms with Crippen LogP contribution in [0.2, 0.25) is 0 Å². The van der Waals surface area contributed by atoms with Crippen molar-refractivity contribution in [3.05, 3.63) is 41.5 Å². The average molecular weight is 359 g/mol. The van der Waals surface area contributed by atoms with Crippen LogP contribution in [0.1, 0.15) is 23.2 Å². The van der Waals surface area contributed by atoms with E-state index in [4.69, 9.17) is 23.7 Å². The third kappa shape index (κ3) is 2.68. The van der Waals surface area contributed by atoms with Gasteiger partial charge in [-0.2, -0.15) is 5.53 Å². The maximum absolute atomic E-state index is 5.64. The smallest absolute Gasteiger partial charge is 0.231 e. The van der Waals surface area contributed by atoms with Crippen LogP contribution < -0.4 is 40.1 Å². The predicted molar refractivity (Wildman–Crippen MR) is 93.6 cm³/mol. The van der Waals surface area contributed by atoms with Gasteiger partial charge in [-0.3, -0.25) is 0 Å². The highest BCUT2D eigenvalue weighted by molar-refractivity contribution is 5.65. The number of methoxy groups -OCH3 is 3. The molecule has 1 fully saturated rings. The molecule has 2 heterocycles. The Kier molecular flexibility index (Phi) is 4.46. The molecule has 2 aromatic carbocycles. The van der Waals surface area contributed by atoms with Gasteiger partial charge in [-0.05, 0) is 23.8 Å². The highest BCUT2D eigenvalue weighted by Gasteiger charge is 2.36. The molecular weight excluding hydrogens is 338 g/mol. The zero-order valence-electron chi connectivity index (χ0n) is 14.8. The number of hydrogen-bond donors (Lipinski definition) is 3.